The van der Waals surface area contributed by atoms with Crippen molar-refractivity contribution < 1.29 is 9.53 Å². The second-order valence-corrected chi connectivity index (χ2v) is 7.13. The number of nitrogens with zero attached hydrogens (tertiary/aromatic N) is 4. The average Bonchev–Trinajstić information content (AvgIpc) is 3.22. The first-order valence-electron chi connectivity index (χ1n) is 9.02. The Morgan fingerprint density at radius 2 is 1.96 bits per heavy atom. The lowest BCUT2D eigenvalue weighted by molar-refractivity contribution is 0.0600. The van der Waals surface area contributed by atoms with Crippen LogP contribution in [0.2, 0.25) is 0 Å². The Morgan fingerprint density at radius 3 is 2.64 bits per heavy atom. The fourth-order valence-electron chi connectivity index (χ4n) is 3.68. The standard InChI is InChI=1S/C20H21N5O3/c1-11(2)17(18-21-14-7-5-6-8-15(14)24(18)3)25-9-12-16(22-23-19(12)26)13(10-25)20(27)28-4/h5-11,17H,1-4H3,(H,23,26)/t17-/m1/s1. The Hall–Kier alpha value is -3.42. The number of methoxy groups -OCH3 is 1. The molecular weight excluding hydrogens is 358 g/mol. The molecule has 1 aromatic heterocycles. The molecule has 0 amide bonds. The van der Waals surface area contributed by atoms with Crippen molar-refractivity contribution in [3.05, 3.63) is 58.4 Å². The molecule has 28 heavy (non-hydrogen) atoms. The van der Waals surface area contributed by atoms with Crippen molar-refractivity contribution in [1.82, 2.24) is 24.3 Å². The van der Waals surface area contributed by atoms with E-state index < -0.39 is 5.97 Å². The second kappa shape index (κ2) is 6.63. The molecule has 0 radical (unpaired) electrons. The minimum absolute atomic E-state index is 0.144. The third kappa shape index (κ3) is 2.69. The van der Waals surface area contributed by atoms with E-state index in [-0.39, 0.29) is 23.1 Å². The number of fused-ring (bicyclic) bond motifs is 2. The van der Waals surface area contributed by atoms with Crippen molar-refractivity contribution >= 4 is 17.0 Å². The van der Waals surface area contributed by atoms with E-state index in [1.165, 1.54) is 7.11 Å². The van der Waals surface area contributed by atoms with Gasteiger partial charge in [0.05, 0.1) is 29.7 Å². The summed E-state index contributed by atoms with van der Waals surface area (Å²) < 4.78 is 8.80. The summed E-state index contributed by atoms with van der Waals surface area (Å²) in [4.78, 5) is 29.4. The average molecular weight is 379 g/mol. The van der Waals surface area contributed by atoms with Crippen molar-refractivity contribution in [1.29, 1.82) is 0 Å². The van der Waals surface area contributed by atoms with E-state index in [0.29, 0.717) is 11.3 Å². The predicted octanol–water partition coefficient (Wildman–Crippen LogP) is 2.59. The monoisotopic (exact) mass is 379 g/mol. The zero-order valence-corrected chi connectivity index (χ0v) is 16.1. The Balaban J connectivity index is 1.98. The van der Waals surface area contributed by atoms with Gasteiger partial charge in [0.15, 0.2) is 0 Å². The number of rotatable bonds is 4. The van der Waals surface area contributed by atoms with Gasteiger partial charge in [-0.3, -0.25) is 4.79 Å². The van der Waals surface area contributed by atoms with Crippen LogP contribution in [-0.4, -0.2) is 37.4 Å². The van der Waals surface area contributed by atoms with Crippen molar-refractivity contribution in [3.8, 4) is 11.3 Å². The van der Waals surface area contributed by atoms with E-state index in [2.05, 4.69) is 24.0 Å². The SMILES string of the molecule is COC(=O)c1cn([C@@H](c2nc3ccccc3n2C)C(C)C)cc2c(=O)[nH]nc1-2. The number of carbonyl (C=O) groups is 1. The summed E-state index contributed by atoms with van der Waals surface area (Å²) in [5, 5.41) is 6.40. The van der Waals surface area contributed by atoms with Crippen molar-refractivity contribution in [3.63, 3.8) is 0 Å². The van der Waals surface area contributed by atoms with Gasteiger partial charge in [-0.25, -0.2) is 14.9 Å². The van der Waals surface area contributed by atoms with Crippen LogP contribution in [-0.2, 0) is 11.8 Å². The number of benzene rings is 1. The van der Waals surface area contributed by atoms with Gasteiger partial charge in [-0.05, 0) is 18.1 Å². The number of hydrogen-bond acceptors (Lipinski definition) is 5. The molecule has 0 spiro atoms. The molecule has 1 N–H and O–H groups in total. The van der Waals surface area contributed by atoms with E-state index in [4.69, 9.17) is 9.72 Å². The number of imidazole rings is 1. The highest BCUT2D eigenvalue weighted by Gasteiger charge is 2.28. The summed E-state index contributed by atoms with van der Waals surface area (Å²) in [6.07, 6.45) is 3.40. The number of aryl methyl sites for hydroxylation is 1. The molecule has 144 valence electrons. The second-order valence-electron chi connectivity index (χ2n) is 7.13. The van der Waals surface area contributed by atoms with Crippen LogP contribution in [0.25, 0.3) is 22.3 Å². The quantitative estimate of drug-likeness (QED) is 0.550. The first-order valence-corrected chi connectivity index (χ1v) is 9.02. The number of ether oxygens (including phenoxy) is 1. The van der Waals surface area contributed by atoms with Gasteiger partial charge in [-0.15, -0.1) is 0 Å². The van der Waals surface area contributed by atoms with Crippen molar-refractivity contribution in [2.24, 2.45) is 13.0 Å². The number of hydrogen-bond donors (Lipinski definition) is 1. The summed E-state index contributed by atoms with van der Waals surface area (Å²) in [5.41, 5.74) is 2.46. The zero-order chi connectivity index (χ0) is 20.0. The lowest BCUT2D eigenvalue weighted by Gasteiger charge is -2.25. The maximum Gasteiger partial charge on any atom is 0.341 e. The maximum atomic E-state index is 12.3. The molecule has 2 aliphatic rings. The molecule has 8 nitrogen and oxygen atoms in total. The van der Waals surface area contributed by atoms with Crippen LogP contribution < -0.4 is 5.56 Å². The molecule has 1 aromatic carbocycles. The molecular formula is C20H21N5O3. The number of nitrogens with one attached hydrogen (secondary N) is 1. The van der Waals surface area contributed by atoms with Gasteiger partial charge in [0.25, 0.3) is 5.56 Å². The summed E-state index contributed by atoms with van der Waals surface area (Å²) >= 11 is 0. The number of carbonyl (C=O) groups excluding carboxylic acids is 1. The number of esters is 1. The third-order valence-electron chi connectivity index (χ3n) is 5.02. The van der Waals surface area contributed by atoms with E-state index in [1.807, 2.05) is 40.4 Å². The Morgan fingerprint density at radius 1 is 1.21 bits per heavy atom. The summed E-state index contributed by atoms with van der Waals surface area (Å²) in [6.45, 7) is 4.15. The highest BCUT2D eigenvalue weighted by atomic mass is 16.5. The molecule has 0 aliphatic carbocycles. The molecule has 0 unspecified atom stereocenters. The molecule has 0 saturated heterocycles. The summed E-state index contributed by atoms with van der Waals surface area (Å²) in [5.74, 6) is 0.441. The van der Waals surface area contributed by atoms with Crippen LogP contribution in [0.1, 0.15) is 36.1 Å². The molecule has 0 bridgehead atoms. The van der Waals surface area contributed by atoms with E-state index in [0.717, 1.165) is 16.9 Å². The van der Waals surface area contributed by atoms with E-state index in [1.54, 1.807) is 12.4 Å². The summed E-state index contributed by atoms with van der Waals surface area (Å²) in [6, 6.07) is 7.72. The Bertz CT molecular complexity index is 1200. The van der Waals surface area contributed by atoms with E-state index >= 15 is 0 Å². The van der Waals surface area contributed by atoms with Crippen molar-refractivity contribution in [2.75, 3.05) is 7.11 Å². The fourth-order valence-corrected chi connectivity index (χ4v) is 3.68. The number of aromatic amines is 1. The number of pyridine rings is 1. The zero-order valence-electron chi connectivity index (χ0n) is 16.1. The van der Waals surface area contributed by atoms with Crippen LogP contribution in [0.4, 0.5) is 0 Å². The lowest BCUT2D eigenvalue weighted by atomic mass is 10.0. The van der Waals surface area contributed by atoms with Gasteiger partial charge >= 0.3 is 5.97 Å². The molecule has 0 fully saturated rings. The molecule has 8 heteroatoms. The highest BCUT2D eigenvalue weighted by molar-refractivity contribution is 5.96. The number of H-pyrrole nitrogens is 1. The Kier molecular flexibility index (Phi) is 4.26. The van der Waals surface area contributed by atoms with Gasteiger partial charge < -0.3 is 13.9 Å². The smallest absolute Gasteiger partial charge is 0.341 e. The van der Waals surface area contributed by atoms with Crippen LogP contribution in [0.3, 0.4) is 0 Å². The van der Waals surface area contributed by atoms with Crippen LogP contribution in [0, 0.1) is 5.92 Å². The Labute approximate surface area is 161 Å². The molecule has 2 aliphatic heterocycles. The predicted molar refractivity (Wildman–Crippen MR) is 105 cm³/mol. The van der Waals surface area contributed by atoms with Gasteiger partial charge in [0, 0.05) is 19.4 Å². The molecule has 4 rings (SSSR count). The minimum atomic E-state index is -0.543. The first-order chi connectivity index (χ1) is 13.4. The number of aromatic nitrogens is 5. The largest absolute Gasteiger partial charge is 0.465 e. The lowest BCUT2D eigenvalue weighted by Crippen LogP contribution is -2.23. The molecule has 2 aromatic rings. The van der Waals surface area contributed by atoms with E-state index in [9.17, 15) is 9.59 Å². The first kappa shape index (κ1) is 18.0. The summed E-state index contributed by atoms with van der Waals surface area (Å²) in [7, 11) is 3.28. The normalized spacial score (nSPS) is 12.8. The number of para-hydroxylation sites is 2. The van der Waals surface area contributed by atoms with Gasteiger partial charge in [-0.2, -0.15) is 5.10 Å². The molecule has 0 saturated carbocycles. The molecule has 1 atom stereocenters. The molecule has 3 heterocycles. The van der Waals surface area contributed by atoms with Crippen LogP contribution in [0.5, 0.6) is 0 Å². The van der Waals surface area contributed by atoms with Gasteiger partial charge in [0.1, 0.15) is 17.1 Å². The highest BCUT2D eigenvalue weighted by Crippen LogP contribution is 2.31. The van der Waals surface area contributed by atoms with Gasteiger partial charge in [-0.1, -0.05) is 26.0 Å². The maximum absolute atomic E-state index is 12.3. The topological polar surface area (TPSA) is 94.8 Å². The third-order valence-corrected chi connectivity index (χ3v) is 5.02. The van der Waals surface area contributed by atoms with Crippen LogP contribution in [0.15, 0.2) is 41.5 Å². The van der Waals surface area contributed by atoms with Crippen molar-refractivity contribution in [2.45, 2.75) is 19.9 Å². The van der Waals surface area contributed by atoms with Crippen LogP contribution >= 0.6 is 0 Å². The van der Waals surface area contributed by atoms with Gasteiger partial charge in [0.2, 0.25) is 0 Å². The fraction of sp³-hybridized carbons (Fsp3) is 0.300. The minimum Gasteiger partial charge on any atom is -0.465 e.